The van der Waals surface area contributed by atoms with Crippen LogP contribution < -0.4 is 5.32 Å². The highest BCUT2D eigenvalue weighted by Gasteiger charge is 2.38. The molecule has 0 spiro atoms. The highest BCUT2D eigenvalue weighted by atomic mass is 32.2. The van der Waals surface area contributed by atoms with E-state index in [0.29, 0.717) is 39.2 Å². The number of carbonyl (C=O) groups excluding carboxylic acids is 1. The van der Waals surface area contributed by atoms with Gasteiger partial charge in [-0.05, 0) is 59.7 Å². The molecule has 3 aromatic rings. The summed E-state index contributed by atoms with van der Waals surface area (Å²) in [6.07, 6.45) is -5.89. The molecule has 5 nitrogen and oxygen atoms in total. The lowest BCUT2D eigenvalue weighted by atomic mass is 10.0. The van der Waals surface area contributed by atoms with Gasteiger partial charge < -0.3 is 5.32 Å². The molecule has 35 heavy (non-hydrogen) atoms. The highest BCUT2D eigenvalue weighted by Crippen LogP contribution is 2.38. The third-order valence-corrected chi connectivity index (χ3v) is 6.10. The van der Waals surface area contributed by atoms with E-state index < -0.39 is 23.5 Å². The van der Waals surface area contributed by atoms with Crippen molar-refractivity contribution >= 4 is 39.8 Å². The first kappa shape index (κ1) is 24.8. The maximum Gasteiger partial charge on any atom is 0.416 e. The van der Waals surface area contributed by atoms with Gasteiger partial charge in [0.15, 0.2) is 5.17 Å². The van der Waals surface area contributed by atoms with E-state index in [4.69, 9.17) is 0 Å². The van der Waals surface area contributed by atoms with E-state index >= 15 is 0 Å². The summed E-state index contributed by atoms with van der Waals surface area (Å²) in [5.41, 5.74) is -1.89. The zero-order chi connectivity index (χ0) is 25.4. The molecule has 0 radical (unpaired) electrons. The lowest BCUT2D eigenvalue weighted by Gasteiger charge is -2.16. The Balaban J connectivity index is 1.62. The average Bonchev–Trinajstić information content (AvgIpc) is 3.33. The summed E-state index contributed by atoms with van der Waals surface area (Å²) in [6.45, 7) is 2.20. The number of aliphatic imine (C=N–C) groups is 1. The Hall–Kier alpha value is -3.28. The number of fused-ring (bicyclic) bond motifs is 1. The number of rotatable bonds is 5. The van der Waals surface area contributed by atoms with Crippen molar-refractivity contribution in [3.8, 4) is 0 Å². The number of aromatic nitrogens is 2. The van der Waals surface area contributed by atoms with Crippen molar-refractivity contribution in [3.05, 3.63) is 69.8 Å². The molecule has 1 aromatic heterocycles. The second-order valence-electron chi connectivity index (χ2n) is 7.74. The van der Waals surface area contributed by atoms with Crippen LogP contribution in [-0.2, 0) is 23.7 Å². The number of hydrogen-bond donors (Lipinski definition) is 1. The number of halogens is 6. The molecular formula is C23H18F6N4OS. The summed E-state index contributed by atoms with van der Waals surface area (Å²) in [7, 11) is 0. The summed E-state index contributed by atoms with van der Waals surface area (Å²) in [6, 6.07) is 6.61. The van der Waals surface area contributed by atoms with Crippen LogP contribution in [-0.4, -0.2) is 27.4 Å². The molecule has 0 bridgehead atoms. The molecule has 2 heterocycles. The molecule has 1 saturated heterocycles. The normalized spacial score (nSPS) is 17.1. The van der Waals surface area contributed by atoms with Gasteiger partial charge in [-0.15, -0.1) is 0 Å². The van der Waals surface area contributed by atoms with Gasteiger partial charge in [-0.25, -0.2) is 0 Å². The Morgan fingerprint density at radius 3 is 2.54 bits per heavy atom. The van der Waals surface area contributed by atoms with E-state index in [0.717, 1.165) is 12.5 Å². The zero-order valence-electron chi connectivity index (χ0n) is 18.2. The number of carbonyl (C=O) groups is 1. The largest absolute Gasteiger partial charge is 0.416 e. The Labute approximate surface area is 199 Å². The maximum atomic E-state index is 13.5. The number of thioether (sulfide) groups is 1. The Morgan fingerprint density at radius 2 is 1.86 bits per heavy atom. The van der Waals surface area contributed by atoms with Crippen LogP contribution in [0.15, 0.2) is 52.5 Å². The van der Waals surface area contributed by atoms with Crippen molar-refractivity contribution in [1.82, 2.24) is 15.1 Å². The minimum atomic E-state index is -4.96. The standard InChI is InChI=1S/C23H18F6N4OS/c1-2-7-30-21-32-20(34)19(35-21)9-13-3-6-18-15(8-13)11-31-33(18)12-14-4-5-16(22(24,25)26)10-17(14)23(27,28)29/h3-6,8-11H,2,7,12H2,1H3,(H,30,32,34). The molecule has 1 amide bonds. The molecule has 0 saturated carbocycles. The summed E-state index contributed by atoms with van der Waals surface area (Å²) in [5, 5.41) is 7.93. The molecule has 1 fully saturated rings. The monoisotopic (exact) mass is 512 g/mol. The molecule has 2 aromatic carbocycles. The van der Waals surface area contributed by atoms with E-state index in [1.54, 1.807) is 24.3 Å². The average molecular weight is 512 g/mol. The molecular weight excluding hydrogens is 494 g/mol. The van der Waals surface area contributed by atoms with Gasteiger partial charge in [-0.2, -0.15) is 31.4 Å². The van der Waals surface area contributed by atoms with E-state index in [1.165, 1.54) is 22.6 Å². The van der Waals surface area contributed by atoms with Gasteiger partial charge in [0.05, 0.1) is 34.3 Å². The third kappa shape index (κ3) is 5.53. The molecule has 0 atom stereocenters. The fourth-order valence-electron chi connectivity index (χ4n) is 3.50. The number of benzene rings is 2. The van der Waals surface area contributed by atoms with Gasteiger partial charge in [-0.1, -0.05) is 19.1 Å². The summed E-state index contributed by atoms with van der Waals surface area (Å²) in [4.78, 5) is 16.9. The molecule has 12 heteroatoms. The lowest BCUT2D eigenvalue weighted by Crippen LogP contribution is -2.19. The van der Waals surface area contributed by atoms with Crippen molar-refractivity contribution in [2.24, 2.45) is 4.99 Å². The van der Waals surface area contributed by atoms with Crippen molar-refractivity contribution < 1.29 is 31.1 Å². The Morgan fingerprint density at radius 1 is 1.09 bits per heavy atom. The maximum absolute atomic E-state index is 13.5. The summed E-state index contributed by atoms with van der Waals surface area (Å²) < 4.78 is 80.6. The van der Waals surface area contributed by atoms with Crippen LogP contribution in [0.1, 0.15) is 35.6 Å². The molecule has 0 unspecified atom stereocenters. The first-order chi connectivity index (χ1) is 16.5. The van der Waals surface area contributed by atoms with E-state index in [2.05, 4.69) is 15.4 Å². The zero-order valence-corrected chi connectivity index (χ0v) is 19.0. The molecule has 4 rings (SSSR count). The van der Waals surface area contributed by atoms with Crippen molar-refractivity contribution in [2.75, 3.05) is 6.54 Å². The number of nitrogens with one attached hydrogen (secondary N) is 1. The smallest absolute Gasteiger partial charge is 0.301 e. The SMILES string of the molecule is CCCN=C1NC(=O)C(=Cc2ccc3c(cnn3Cc3ccc(C(F)(F)F)cc3C(F)(F)F)c2)S1. The number of nitrogens with zero attached hydrogens (tertiary/aromatic N) is 3. The number of amides is 1. The van der Waals surface area contributed by atoms with E-state index in [1.807, 2.05) is 6.92 Å². The van der Waals surface area contributed by atoms with Crippen LogP contribution in [0, 0.1) is 0 Å². The van der Waals surface area contributed by atoms with Gasteiger partial charge in [0, 0.05) is 11.9 Å². The molecule has 1 aliphatic rings. The third-order valence-electron chi connectivity index (χ3n) is 5.16. The van der Waals surface area contributed by atoms with Crippen LogP contribution in [0.2, 0.25) is 0 Å². The van der Waals surface area contributed by atoms with E-state index in [-0.39, 0.29) is 24.1 Å². The predicted molar refractivity (Wildman–Crippen MR) is 122 cm³/mol. The number of amidine groups is 1. The lowest BCUT2D eigenvalue weighted by molar-refractivity contribution is -0.143. The first-order valence-corrected chi connectivity index (χ1v) is 11.3. The minimum absolute atomic E-state index is 0.119. The number of hydrogen-bond acceptors (Lipinski definition) is 4. The molecule has 184 valence electrons. The summed E-state index contributed by atoms with van der Waals surface area (Å²) in [5.74, 6) is -0.275. The van der Waals surface area contributed by atoms with Gasteiger partial charge in [-0.3, -0.25) is 14.5 Å². The van der Waals surface area contributed by atoms with Crippen LogP contribution in [0.5, 0.6) is 0 Å². The van der Waals surface area contributed by atoms with Crippen LogP contribution in [0.25, 0.3) is 17.0 Å². The first-order valence-electron chi connectivity index (χ1n) is 10.4. The van der Waals surface area contributed by atoms with Gasteiger partial charge in [0.1, 0.15) is 0 Å². The fraction of sp³-hybridized carbons (Fsp3) is 0.261. The fourth-order valence-corrected chi connectivity index (χ4v) is 4.35. The van der Waals surface area contributed by atoms with Crippen molar-refractivity contribution in [3.63, 3.8) is 0 Å². The van der Waals surface area contributed by atoms with Gasteiger partial charge >= 0.3 is 12.4 Å². The Kier molecular flexibility index (Phi) is 6.67. The van der Waals surface area contributed by atoms with Crippen molar-refractivity contribution in [2.45, 2.75) is 32.2 Å². The number of alkyl halides is 6. The minimum Gasteiger partial charge on any atom is -0.301 e. The quantitative estimate of drug-likeness (QED) is 0.332. The Bertz CT molecular complexity index is 1340. The van der Waals surface area contributed by atoms with Crippen LogP contribution >= 0.6 is 11.8 Å². The van der Waals surface area contributed by atoms with Crippen LogP contribution in [0.4, 0.5) is 26.3 Å². The van der Waals surface area contributed by atoms with E-state index in [9.17, 15) is 31.1 Å². The second-order valence-corrected chi connectivity index (χ2v) is 8.77. The predicted octanol–water partition coefficient (Wildman–Crippen LogP) is 6.09. The molecule has 1 aliphatic heterocycles. The second kappa shape index (κ2) is 9.40. The topological polar surface area (TPSA) is 59.3 Å². The molecule has 0 aliphatic carbocycles. The van der Waals surface area contributed by atoms with Gasteiger partial charge in [0.25, 0.3) is 5.91 Å². The van der Waals surface area contributed by atoms with Gasteiger partial charge in [0.2, 0.25) is 0 Å². The van der Waals surface area contributed by atoms with Crippen LogP contribution in [0.3, 0.4) is 0 Å². The van der Waals surface area contributed by atoms with Crippen molar-refractivity contribution in [1.29, 1.82) is 0 Å². The molecule has 1 N–H and O–H groups in total. The summed E-state index contributed by atoms with van der Waals surface area (Å²) >= 11 is 1.22. The highest BCUT2D eigenvalue weighted by molar-refractivity contribution is 8.18.